The lowest BCUT2D eigenvalue weighted by atomic mass is 10.1. The molecule has 0 amide bonds. The summed E-state index contributed by atoms with van der Waals surface area (Å²) in [5, 5.41) is 53.0. The Morgan fingerprint density at radius 3 is 0.933 bits per heavy atom. The molecule has 0 atom stereocenters. The molecule has 0 saturated heterocycles. The zero-order valence-electron chi connectivity index (χ0n) is 13.8. The lowest BCUT2D eigenvalue weighted by Crippen LogP contribution is -2.10. The van der Waals surface area contributed by atoms with E-state index in [-0.39, 0.29) is 21.6 Å². The van der Waals surface area contributed by atoms with Crippen molar-refractivity contribution in [2.24, 2.45) is 0 Å². The maximum atomic E-state index is 11.4. The van der Waals surface area contributed by atoms with E-state index in [0.717, 1.165) is 0 Å². The molecule has 14 nitrogen and oxygen atoms in total. The third kappa shape index (κ3) is 3.94. The normalized spacial score (nSPS) is 10.5. The fraction of sp³-hybridized carbons (Fsp3) is 0. The van der Waals surface area contributed by atoms with Crippen molar-refractivity contribution in [2.75, 3.05) is 0 Å². The van der Waals surface area contributed by atoms with Crippen LogP contribution in [0.25, 0.3) is 0 Å². The second-order valence-electron chi connectivity index (χ2n) is 4.93. The number of aromatic carboxylic acids is 6. The highest BCUT2D eigenvalue weighted by molar-refractivity contribution is 8.76. The second kappa shape index (κ2) is 8.21. The standard InChI is InChI=1S/C14H6O14S2/c15-7(16)1-3(9(19)20)13(27-5(1)11(23)24)29-30-14-4(10(21)22)2(8(17)18)6(28-14)12(25)26/h(H,15,16)(H,17,18)(H,19,20)(H,21,22)(H,23,24)(H,25,26). The van der Waals surface area contributed by atoms with Crippen molar-refractivity contribution in [3.63, 3.8) is 0 Å². The molecule has 0 radical (unpaired) electrons. The number of rotatable bonds is 9. The van der Waals surface area contributed by atoms with Gasteiger partial charge in [0.25, 0.3) is 0 Å². The molecule has 0 fully saturated rings. The van der Waals surface area contributed by atoms with E-state index in [1.54, 1.807) is 0 Å². The zero-order chi connectivity index (χ0) is 22.9. The van der Waals surface area contributed by atoms with Gasteiger partial charge in [-0.25, -0.2) is 28.8 Å². The summed E-state index contributed by atoms with van der Waals surface area (Å²) in [6, 6.07) is 0. The highest BCUT2D eigenvalue weighted by atomic mass is 33.1. The second-order valence-corrected chi connectivity index (χ2v) is 7.01. The summed E-state index contributed by atoms with van der Waals surface area (Å²) in [6.07, 6.45) is 0. The van der Waals surface area contributed by atoms with Gasteiger partial charge in [0, 0.05) is 0 Å². The third-order valence-electron chi connectivity index (χ3n) is 3.19. The minimum Gasteiger partial charge on any atom is -0.478 e. The first-order valence-corrected chi connectivity index (χ1v) is 9.11. The van der Waals surface area contributed by atoms with Crippen LogP contribution in [0.3, 0.4) is 0 Å². The molecule has 0 unspecified atom stereocenters. The lowest BCUT2D eigenvalue weighted by molar-refractivity contribution is 0.0618. The molecule has 0 aromatic carbocycles. The van der Waals surface area contributed by atoms with Crippen molar-refractivity contribution in [2.45, 2.75) is 10.2 Å². The van der Waals surface area contributed by atoms with E-state index in [1.165, 1.54) is 0 Å². The molecule has 30 heavy (non-hydrogen) atoms. The molecule has 0 aliphatic carbocycles. The molecule has 0 bridgehead atoms. The molecule has 2 aromatic heterocycles. The van der Waals surface area contributed by atoms with Crippen LogP contribution in [0.15, 0.2) is 19.0 Å². The summed E-state index contributed by atoms with van der Waals surface area (Å²) >= 11 is 0. The minimum absolute atomic E-state index is 0.175. The average molecular weight is 462 g/mol. The largest absolute Gasteiger partial charge is 0.478 e. The Balaban J connectivity index is 2.60. The first-order chi connectivity index (χ1) is 13.9. The Kier molecular flexibility index (Phi) is 6.12. The number of hydrogen-bond acceptors (Lipinski definition) is 10. The molecule has 16 heteroatoms. The van der Waals surface area contributed by atoms with Gasteiger partial charge in [-0.3, -0.25) is 0 Å². The molecular formula is C14H6O14S2. The van der Waals surface area contributed by atoms with Crippen LogP contribution in [0.4, 0.5) is 0 Å². The van der Waals surface area contributed by atoms with Gasteiger partial charge in [0.1, 0.15) is 22.3 Å². The van der Waals surface area contributed by atoms with Crippen LogP contribution in [0.1, 0.15) is 62.5 Å². The molecule has 158 valence electrons. The highest BCUT2D eigenvalue weighted by Gasteiger charge is 2.36. The Labute approximate surface area is 170 Å². The van der Waals surface area contributed by atoms with E-state index in [4.69, 9.17) is 29.3 Å². The van der Waals surface area contributed by atoms with E-state index in [9.17, 15) is 39.0 Å². The van der Waals surface area contributed by atoms with Gasteiger partial charge >= 0.3 is 35.8 Å². The number of carboxylic acids is 6. The van der Waals surface area contributed by atoms with Gasteiger partial charge < -0.3 is 39.5 Å². The summed E-state index contributed by atoms with van der Waals surface area (Å²) < 4.78 is 9.49. The van der Waals surface area contributed by atoms with Crippen LogP contribution >= 0.6 is 21.6 Å². The SMILES string of the molecule is O=C(O)c1oc(SSc2oc(C(=O)O)c(C(=O)O)c2C(=O)O)c(C(=O)O)c1C(=O)O. The van der Waals surface area contributed by atoms with E-state index >= 15 is 0 Å². The molecule has 2 aromatic rings. The monoisotopic (exact) mass is 462 g/mol. The van der Waals surface area contributed by atoms with Crippen LogP contribution in [0.2, 0.25) is 0 Å². The van der Waals surface area contributed by atoms with E-state index in [2.05, 4.69) is 0 Å². The Bertz CT molecular complexity index is 1030. The molecule has 2 rings (SSSR count). The summed E-state index contributed by atoms with van der Waals surface area (Å²) in [4.78, 5) is 67.6. The average Bonchev–Trinajstić information content (AvgIpc) is 3.19. The van der Waals surface area contributed by atoms with Gasteiger partial charge in [-0.1, -0.05) is 0 Å². The fourth-order valence-corrected chi connectivity index (χ4v) is 4.20. The predicted octanol–water partition coefficient (Wildman–Crippen LogP) is 1.86. The fourth-order valence-electron chi connectivity index (χ4n) is 2.11. The van der Waals surface area contributed by atoms with Gasteiger partial charge in [-0.2, -0.15) is 0 Å². The van der Waals surface area contributed by atoms with E-state index in [0.29, 0.717) is 0 Å². The maximum Gasteiger partial charge on any atom is 0.372 e. The number of carbonyl (C=O) groups is 6. The summed E-state index contributed by atoms with van der Waals surface area (Å²) in [6.45, 7) is 0. The van der Waals surface area contributed by atoms with Gasteiger partial charge in [-0.05, 0) is 21.6 Å². The summed E-state index contributed by atoms with van der Waals surface area (Å²) in [5.74, 6) is -13.9. The van der Waals surface area contributed by atoms with Gasteiger partial charge in [-0.15, -0.1) is 0 Å². The van der Waals surface area contributed by atoms with E-state index < -0.39 is 79.8 Å². The predicted molar refractivity (Wildman–Crippen MR) is 90.9 cm³/mol. The van der Waals surface area contributed by atoms with Crippen molar-refractivity contribution in [3.05, 3.63) is 33.8 Å². The molecule has 6 N–H and O–H groups in total. The molecule has 0 spiro atoms. The Morgan fingerprint density at radius 2 is 0.733 bits per heavy atom. The minimum atomic E-state index is -1.93. The van der Waals surface area contributed by atoms with Crippen molar-refractivity contribution < 1.29 is 68.2 Å². The number of carboxylic acid groups (broad SMARTS) is 6. The van der Waals surface area contributed by atoms with Crippen molar-refractivity contribution in [1.82, 2.24) is 0 Å². The third-order valence-corrected chi connectivity index (χ3v) is 5.31. The van der Waals surface area contributed by atoms with Crippen LogP contribution < -0.4 is 0 Å². The first-order valence-electron chi connectivity index (χ1n) is 6.96. The Hall–Kier alpha value is -3.92. The number of hydrogen-bond donors (Lipinski definition) is 6. The van der Waals surface area contributed by atoms with Crippen LogP contribution in [-0.2, 0) is 0 Å². The molecule has 0 saturated carbocycles. The summed E-state index contributed by atoms with van der Waals surface area (Å²) in [5.41, 5.74) is -4.52. The van der Waals surface area contributed by atoms with Gasteiger partial charge in [0.2, 0.25) is 11.5 Å². The Morgan fingerprint density at radius 1 is 0.467 bits per heavy atom. The summed E-state index contributed by atoms with van der Waals surface area (Å²) in [7, 11) is 0.350. The molecule has 2 heterocycles. The molecule has 0 aliphatic rings. The van der Waals surface area contributed by atoms with Crippen LogP contribution in [0.5, 0.6) is 0 Å². The lowest BCUT2D eigenvalue weighted by Gasteiger charge is -1.99. The van der Waals surface area contributed by atoms with E-state index in [1.807, 2.05) is 0 Å². The van der Waals surface area contributed by atoms with Gasteiger partial charge in [0.05, 0.1) is 0 Å². The van der Waals surface area contributed by atoms with Crippen molar-refractivity contribution in [3.8, 4) is 0 Å². The van der Waals surface area contributed by atoms with Crippen molar-refractivity contribution >= 4 is 57.4 Å². The van der Waals surface area contributed by atoms with Crippen LogP contribution in [0, 0.1) is 0 Å². The molecular weight excluding hydrogens is 456 g/mol. The quantitative estimate of drug-likeness (QED) is 0.291. The first kappa shape index (κ1) is 22.4. The smallest absolute Gasteiger partial charge is 0.372 e. The topological polar surface area (TPSA) is 250 Å². The van der Waals surface area contributed by atoms with Crippen LogP contribution in [-0.4, -0.2) is 66.5 Å². The highest BCUT2D eigenvalue weighted by Crippen LogP contribution is 2.45. The maximum absolute atomic E-state index is 11.4. The van der Waals surface area contributed by atoms with Gasteiger partial charge in [0.15, 0.2) is 10.2 Å². The molecule has 0 aliphatic heterocycles. The van der Waals surface area contributed by atoms with Crippen molar-refractivity contribution in [1.29, 1.82) is 0 Å². The number of furan rings is 2. The zero-order valence-corrected chi connectivity index (χ0v) is 15.4.